The molecule has 0 radical (unpaired) electrons. The Balaban J connectivity index is 1.60. The molecule has 1 aliphatic heterocycles. The maximum Gasteiger partial charge on any atom is 0.241 e. The topological polar surface area (TPSA) is 58.8 Å². The van der Waals surface area contributed by atoms with Crippen molar-refractivity contribution in [3.8, 4) is 0 Å². The standard InChI is InChI=1S/C19H25N3O2/c1-24-14-18(20)19(23)22-11-9-21(10-12-22)13-16-7-4-6-15-5-2-3-8-17(15)16/h2-8,18H,9-14,20H2,1H3. The van der Waals surface area contributed by atoms with E-state index in [1.54, 1.807) is 7.11 Å². The molecular weight excluding hydrogens is 302 g/mol. The van der Waals surface area contributed by atoms with Crippen molar-refractivity contribution in [1.29, 1.82) is 0 Å². The Bertz CT molecular complexity index is 691. The number of nitrogens with zero attached hydrogens (tertiary/aromatic N) is 2. The molecule has 5 nitrogen and oxygen atoms in total. The van der Waals surface area contributed by atoms with Crippen LogP contribution in [-0.4, -0.2) is 61.6 Å². The molecule has 1 amide bonds. The summed E-state index contributed by atoms with van der Waals surface area (Å²) in [6.45, 7) is 4.37. The van der Waals surface area contributed by atoms with Gasteiger partial charge in [0.1, 0.15) is 6.04 Å². The van der Waals surface area contributed by atoms with Gasteiger partial charge in [0.25, 0.3) is 0 Å². The minimum atomic E-state index is -0.556. The summed E-state index contributed by atoms with van der Waals surface area (Å²) in [6, 6.07) is 14.4. The van der Waals surface area contributed by atoms with Gasteiger partial charge in [-0.25, -0.2) is 0 Å². The van der Waals surface area contributed by atoms with E-state index < -0.39 is 6.04 Å². The summed E-state index contributed by atoms with van der Waals surface area (Å²) in [5.41, 5.74) is 7.19. The normalized spacial score (nSPS) is 17.2. The Morgan fingerprint density at radius 2 is 1.83 bits per heavy atom. The highest BCUT2D eigenvalue weighted by atomic mass is 16.5. The number of piperazine rings is 1. The number of carbonyl (C=O) groups excluding carboxylic acids is 1. The van der Waals surface area contributed by atoms with Crippen molar-refractivity contribution in [2.45, 2.75) is 12.6 Å². The molecule has 0 aliphatic carbocycles. The Morgan fingerprint density at radius 1 is 1.12 bits per heavy atom. The summed E-state index contributed by atoms with van der Waals surface area (Å²) in [7, 11) is 1.56. The third-order valence-corrected chi connectivity index (χ3v) is 4.62. The largest absolute Gasteiger partial charge is 0.383 e. The molecule has 0 bridgehead atoms. The molecule has 0 aromatic heterocycles. The van der Waals surface area contributed by atoms with Crippen LogP contribution in [0.5, 0.6) is 0 Å². The van der Waals surface area contributed by atoms with Gasteiger partial charge in [-0.2, -0.15) is 0 Å². The molecule has 2 N–H and O–H groups in total. The second-order valence-corrected chi connectivity index (χ2v) is 6.30. The number of fused-ring (bicyclic) bond motifs is 1. The van der Waals surface area contributed by atoms with Gasteiger partial charge in [-0.3, -0.25) is 9.69 Å². The van der Waals surface area contributed by atoms with Gasteiger partial charge in [0.05, 0.1) is 6.61 Å². The van der Waals surface area contributed by atoms with Crippen molar-refractivity contribution in [3.63, 3.8) is 0 Å². The van der Waals surface area contributed by atoms with Gasteiger partial charge in [0.15, 0.2) is 0 Å². The highest BCUT2D eigenvalue weighted by Crippen LogP contribution is 2.20. The van der Waals surface area contributed by atoms with Crippen molar-refractivity contribution in [1.82, 2.24) is 9.80 Å². The van der Waals surface area contributed by atoms with Crippen LogP contribution < -0.4 is 5.73 Å². The molecule has 1 unspecified atom stereocenters. The summed E-state index contributed by atoms with van der Waals surface area (Å²) in [6.07, 6.45) is 0. The van der Waals surface area contributed by atoms with Gasteiger partial charge in [0, 0.05) is 39.8 Å². The highest BCUT2D eigenvalue weighted by Gasteiger charge is 2.25. The molecular formula is C19H25N3O2. The first-order valence-electron chi connectivity index (χ1n) is 8.41. The van der Waals surface area contributed by atoms with Crippen molar-refractivity contribution in [3.05, 3.63) is 48.0 Å². The van der Waals surface area contributed by atoms with Crippen LogP contribution in [0, 0.1) is 0 Å². The summed E-state index contributed by atoms with van der Waals surface area (Å²) >= 11 is 0. The fourth-order valence-electron chi connectivity index (χ4n) is 3.28. The first-order valence-corrected chi connectivity index (χ1v) is 8.41. The Kier molecular flexibility index (Phi) is 5.45. The minimum absolute atomic E-state index is 0.0124. The van der Waals surface area contributed by atoms with Gasteiger partial charge in [0.2, 0.25) is 5.91 Å². The minimum Gasteiger partial charge on any atom is -0.383 e. The fourth-order valence-corrected chi connectivity index (χ4v) is 3.28. The van der Waals surface area contributed by atoms with Crippen LogP contribution >= 0.6 is 0 Å². The highest BCUT2D eigenvalue weighted by molar-refractivity contribution is 5.85. The zero-order valence-corrected chi connectivity index (χ0v) is 14.1. The predicted molar refractivity (Wildman–Crippen MR) is 95.7 cm³/mol. The maximum atomic E-state index is 12.2. The average molecular weight is 327 g/mol. The Hall–Kier alpha value is -1.95. The van der Waals surface area contributed by atoms with E-state index in [1.807, 2.05) is 4.90 Å². The van der Waals surface area contributed by atoms with Crippen LogP contribution in [0.3, 0.4) is 0 Å². The van der Waals surface area contributed by atoms with Gasteiger partial charge in [-0.1, -0.05) is 42.5 Å². The van der Waals surface area contributed by atoms with Crippen molar-refractivity contribution in [2.75, 3.05) is 39.9 Å². The first kappa shape index (κ1) is 16.9. The van der Waals surface area contributed by atoms with E-state index in [2.05, 4.69) is 47.4 Å². The number of ether oxygens (including phenoxy) is 1. The smallest absolute Gasteiger partial charge is 0.241 e. The number of carbonyl (C=O) groups is 1. The Morgan fingerprint density at radius 3 is 2.58 bits per heavy atom. The molecule has 5 heteroatoms. The molecule has 1 saturated heterocycles. The lowest BCUT2D eigenvalue weighted by Gasteiger charge is -2.36. The number of hydrogen-bond acceptors (Lipinski definition) is 4. The summed E-state index contributed by atoms with van der Waals surface area (Å²) in [5.74, 6) is -0.0124. The van der Waals surface area contributed by atoms with E-state index in [-0.39, 0.29) is 12.5 Å². The van der Waals surface area contributed by atoms with Crippen LogP contribution in [0.1, 0.15) is 5.56 Å². The molecule has 1 fully saturated rings. The molecule has 2 aromatic carbocycles. The van der Waals surface area contributed by atoms with E-state index in [0.717, 1.165) is 32.7 Å². The Labute approximate surface area is 143 Å². The number of methoxy groups -OCH3 is 1. The number of benzene rings is 2. The first-order chi connectivity index (χ1) is 11.7. The third kappa shape index (κ3) is 3.75. The molecule has 0 spiro atoms. The SMILES string of the molecule is COCC(N)C(=O)N1CCN(Cc2cccc3ccccc23)CC1. The van der Waals surface area contributed by atoms with Crippen LogP contribution in [0.25, 0.3) is 10.8 Å². The summed E-state index contributed by atoms with van der Waals surface area (Å²) in [4.78, 5) is 16.5. The third-order valence-electron chi connectivity index (χ3n) is 4.62. The molecule has 0 saturated carbocycles. The van der Waals surface area contributed by atoms with Crippen LogP contribution in [0.2, 0.25) is 0 Å². The molecule has 1 heterocycles. The average Bonchev–Trinajstić information content (AvgIpc) is 2.62. The lowest BCUT2D eigenvalue weighted by atomic mass is 10.0. The lowest BCUT2D eigenvalue weighted by molar-refractivity contribution is -0.135. The van der Waals surface area contributed by atoms with E-state index in [9.17, 15) is 4.79 Å². The molecule has 1 atom stereocenters. The number of nitrogens with two attached hydrogens (primary N) is 1. The second kappa shape index (κ2) is 7.75. The van der Waals surface area contributed by atoms with E-state index in [4.69, 9.17) is 10.5 Å². The molecule has 1 aliphatic rings. The van der Waals surface area contributed by atoms with Crippen molar-refractivity contribution < 1.29 is 9.53 Å². The van der Waals surface area contributed by atoms with E-state index in [0.29, 0.717) is 0 Å². The predicted octanol–water partition coefficient (Wildman–Crippen LogP) is 1.46. The van der Waals surface area contributed by atoms with Gasteiger partial charge in [-0.15, -0.1) is 0 Å². The molecule has 3 rings (SSSR count). The lowest BCUT2D eigenvalue weighted by Crippen LogP contribution is -2.53. The maximum absolute atomic E-state index is 12.2. The van der Waals surface area contributed by atoms with Crippen molar-refractivity contribution in [2.24, 2.45) is 5.73 Å². The monoisotopic (exact) mass is 327 g/mol. The number of hydrogen-bond donors (Lipinski definition) is 1. The van der Waals surface area contributed by atoms with Gasteiger partial charge in [-0.05, 0) is 16.3 Å². The zero-order valence-electron chi connectivity index (χ0n) is 14.1. The summed E-state index contributed by atoms with van der Waals surface area (Å²) in [5, 5.41) is 2.58. The van der Waals surface area contributed by atoms with Crippen LogP contribution in [0.15, 0.2) is 42.5 Å². The second-order valence-electron chi connectivity index (χ2n) is 6.30. The molecule has 24 heavy (non-hydrogen) atoms. The van der Waals surface area contributed by atoms with Crippen molar-refractivity contribution >= 4 is 16.7 Å². The number of rotatable bonds is 5. The van der Waals surface area contributed by atoms with Gasteiger partial charge < -0.3 is 15.4 Å². The zero-order chi connectivity index (χ0) is 16.9. The van der Waals surface area contributed by atoms with Gasteiger partial charge >= 0.3 is 0 Å². The quantitative estimate of drug-likeness (QED) is 0.903. The fraction of sp³-hybridized carbons (Fsp3) is 0.421. The van der Waals surface area contributed by atoms with E-state index in [1.165, 1.54) is 16.3 Å². The van der Waals surface area contributed by atoms with Crippen LogP contribution in [-0.2, 0) is 16.1 Å². The molecule has 2 aromatic rings. The molecule has 128 valence electrons. The van der Waals surface area contributed by atoms with E-state index >= 15 is 0 Å². The number of amides is 1. The summed E-state index contributed by atoms with van der Waals surface area (Å²) < 4.78 is 4.97. The van der Waals surface area contributed by atoms with Crippen LogP contribution in [0.4, 0.5) is 0 Å².